The van der Waals surface area contributed by atoms with Crippen molar-refractivity contribution in [2.24, 2.45) is 0 Å². The van der Waals surface area contributed by atoms with Crippen molar-refractivity contribution in [3.63, 3.8) is 0 Å². The van der Waals surface area contributed by atoms with E-state index >= 15 is 0 Å². The number of unbranched alkanes of at least 4 members (excludes halogenated alkanes) is 1. The van der Waals surface area contributed by atoms with Crippen LogP contribution in [0.5, 0.6) is 0 Å². The SMILES string of the molecule is CCCCNC(=O)[C@@H](CC)N(Cc1ccc(Cl)cc1Cl)C(=O)CN(c1ccc(F)cc1)S(=O)(=O)c1ccccc1. The van der Waals surface area contributed by atoms with Gasteiger partial charge in [0.2, 0.25) is 11.8 Å². The molecular weight excluding hydrogens is 576 g/mol. The molecule has 0 fully saturated rings. The minimum absolute atomic E-state index is 0.0382. The fraction of sp³-hybridized carbons (Fsp3) is 0.310. The molecule has 0 aliphatic carbocycles. The molecule has 0 aromatic heterocycles. The minimum atomic E-state index is -4.23. The number of halogens is 3. The summed E-state index contributed by atoms with van der Waals surface area (Å²) in [5.74, 6) is -1.54. The summed E-state index contributed by atoms with van der Waals surface area (Å²) in [5.41, 5.74) is 0.641. The predicted octanol–water partition coefficient (Wildman–Crippen LogP) is 6.05. The number of carbonyl (C=O) groups is 2. The molecule has 0 aliphatic heterocycles. The van der Waals surface area contributed by atoms with E-state index in [9.17, 15) is 22.4 Å². The Balaban J connectivity index is 2.04. The molecule has 3 rings (SSSR count). The monoisotopic (exact) mass is 607 g/mol. The van der Waals surface area contributed by atoms with Crippen molar-refractivity contribution in [2.45, 2.75) is 50.6 Å². The fourth-order valence-corrected chi connectivity index (χ4v) is 6.02. The van der Waals surface area contributed by atoms with Crippen LogP contribution in [-0.2, 0) is 26.2 Å². The molecule has 214 valence electrons. The number of anilines is 1. The molecule has 40 heavy (non-hydrogen) atoms. The molecular formula is C29H32Cl2FN3O4S. The molecule has 0 radical (unpaired) electrons. The van der Waals surface area contributed by atoms with E-state index in [-0.39, 0.29) is 29.5 Å². The second kappa shape index (κ2) is 14.5. The molecule has 0 bridgehead atoms. The lowest BCUT2D eigenvalue weighted by molar-refractivity contribution is -0.140. The maximum atomic E-state index is 14.0. The third kappa shape index (κ3) is 7.96. The average Bonchev–Trinajstić information content (AvgIpc) is 2.93. The zero-order valence-corrected chi connectivity index (χ0v) is 24.6. The largest absolute Gasteiger partial charge is 0.354 e. The Bertz CT molecular complexity index is 1410. The highest BCUT2D eigenvalue weighted by Gasteiger charge is 2.33. The number of hydrogen-bond acceptors (Lipinski definition) is 4. The van der Waals surface area contributed by atoms with Crippen LogP contribution in [0.4, 0.5) is 10.1 Å². The normalized spacial score (nSPS) is 12.0. The summed E-state index contributed by atoms with van der Waals surface area (Å²) < 4.78 is 42.1. The Labute approximate surface area is 244 Å². The van der Waals surface area contributed by atoms with E-state index < -0.39 is 34.3 Å². The van der Waals surface area contributed by atoms with Gasteiger partial charge in [0.1, 0.15) is 18.4 Å². The van der Waals surface area contributed by atoms with Crippen molar-refractivity contribution in [3.8, 4) is 0 Å². The molecule has 0 aliphatic rings. The Morgan fingerprint density at radius 3 is 2.25 bits per heavy atom. The van der Waals surface area contributed by atoms with Crippen LogP contribution in [-0.4, -0.2) is 44.3 Å². The molecule has 1 atom stereocenters. The molecule has 11 heteroatoms. The number of hydrogen-bond donors (Lipinski definition) is 1. The Morgan fingerprint density at radius 2 is 1.65 bits per heavy atom. The van der Waals surface area contributed by atoms with Crippen LogP contribution in [0.3, 0.4) is 0 Å². The maximum absolute atomic E-state index is 14.0. The van der Waals surface area contributed by atoms with Crippen molar-refractivity contribution in [1.82, 2.24) is 10.2 Å². The molecule has 0 saturated carbocycles. The third-order valence-electron chi connectivity index (χ3n) is 6.30. The van der Waals surface area contributed by atoms with Gasteiger partial charge in [-0.3, -0.25) is 13.9 Å². The van der Waals surface area contributed by atoms with Crippen molar-refractivity contribution >= 4 is 50.7 Å². The van der Waals surface area contributed by atoms with E-state index in [1.165, 1.54) is 35.2 Å². The summed E-state index contributed by atoms with van der Waals surface area (Å²) in [4.78, 5) is 28.5. The van der Waals surface area contributed by atoms with Gasteiger partial charge >= 0.3 is 0 Å². The van der Waals surface area contributed by atoms with Crippen molar-refractivity contribution in [3.05, 3.63) is 94.2 Å². The Hall–Kier alpha value is -3.14. The zero-order valence-electron chi connectivity index (χ0n) is 22.3. The van der Waals surface area contributed by atoms with Crippen LogP contribution >= 0.6 is 23.2 Å². The van der Waals surface area contributed by atoms with Gasteiger partial charge in [0, 0.05) is 23.1 Å². The average molecular weight is 609 g/mol. The number of benzene rings is 3. The van der Waals surface area contributed by atoms with Crippen molar-refractivity contribution in [2.75, 3.05) is 17.4 Å². The first-order valence-corrected chi connectivity index (χ1v) is 15.1. The van der Waals surface area contributed by atoms with Gasteiger partial charge in [0.15, 0.2) is 0 Å². The first kappa shape index (κ1) is 31.4. The van der Waals surface area contributed by atoms with Gasteiger partial charge in [0.25, 0.3) is 10.0 Å². The number of rotatable bonds is 13. The summed E-state index contributed by atoms with van der Waals surface area (Å²) in [6.07, 6.45) is 1.92. The van der Waals surface area contributed by atoms with Crippen LogP contribution in [0.15, 0.2) is 77.7 Å². The summed E-state index contributed by atoms with van der Waals surface area (Å²) >= 11 is 12.5. The summed E-state index contributed by atoms with van der Waals surface area (Å²) in [7, 11) is -4.23. The Kier molecular flexibility index (Phi) is 11.4. The minimum Gasteiger partial charge on any atom is -0.354 e. The first-order valence-electron chi connectivity index (χ1n) is 12.9. The van der Waals surface area contributed by atoms with Gasteiger partial charge in [-0.25, -0.2) is 12.8 Å². The van der Waals surface area contributed by atoms with Crippen LogP contribution in [0.25, 0.3) is 0 Å². The number of nitrogens with one attached hydrogen (secondary N) is 1. The van der Waals surface area contributed by atoms with Crippen LogP contribution in [0.2, 0.25) is 10.0 Å². The van der Waals surface area contributed by atoms with E-state index in [0.29, 0.717) is 22.2 Å². The van der Waals surface area contributed by atoms with Gasteiger partial charge in [0.05, 0.1) is 10.6 Å². The quantitative estimate of drug-likeness (QED) is 0.240. The first-order chi connectivity index (χ1) is 19.1. The lowest BCUT2D eigenvalue weighted by atomic mass is 10.1. The van der Waals surface area contributed by atoms with Gasteiger partial charge in [-0.2, -0.15) is 0 Å². The number of nitrogens with zero attached hydrogens (tertiary/aromatic N) is 2. The topological polar surface area (TPSA) is 86.8 Å². The second-order valence-electron chi connectivity index (χ2n) is 9.13. The lowest BCUT2D eigenvalue weighted by Gasteiger charge is -2.33. The second-order valence-corrected chi connectivity index (χ2v) is 11.8. The van der Waals surface area contributed by atoms with Crippen LogP contribution in [0.1, 0.15) is 38.7 Å². The molecule has 2 amide bonds. The lowest BCUT2D eigenvalue weighted by Crippen LogP contribution is -2.52. The zero-order chi connectivity index (χ0) is 29.3. The molecule has 0 heterocycles. The highest BCUT2D eigenvalue weighted by molar-refractivity contribution is 7.92. The number of sulfonamides is 1. The third-order valence-corrected chi connectivity index (χ3v) is 8.67. The molecule has 0 unspecified atom stereocenters. The van der Waals surface area contributed by atoms with Crippen molar-refractivity contribution < 1.29 is 22.4 Å². The number of amides is 2. The van der Waals surface area contributed by atoms with E-state index in [4.69, 9.17) is 23.2 Å². The summed E-state index contributed by atoms with van der Waals surface area (Å²) in [6.45, 7) is 3.52. The summed E-state index contributed by atoms with van der Waals surface area (Å²) in [5, 5.41) is 3.58. The van der Waals surface area contributed by atoms with Crippen LogP contribution < -0.4 is 9.62 Å². The fourth-order valence-electron chi connectivity index (χ4n) is 4.11. The number of carbonyl (C=O) groups excluding carboxylic acids is 2. The molecule has 3 aromatic carbocycles. The van der Waals surface area contributed by atoms with Gasteiger partial charge < -0.3 is 10.2 Å². The molecule has 3 aromatic rings. The van der Waals surface area contributed by atoms with Gasteiger partial charge in [-0.15, -0.1) is 0 Å². The highest BCUT2D eigenvalue weighted by Crippen LogP contribution is 2.27. The smallest absolute Gasteiger partial charge is 0.264 e. The van der Waals surface area contributed by atoms with Gasteiger partial charge in [-0.1, -0.05) is 67.7 Å². The Morgan fingerprint density at radius 1 is 0.975 bits per heavy atom. The highest BCUT2D eigenvalue weighted by atomic mass is 35.5. The van der Waals surface area contributed by atoms with Crippen LogP contribution in [0, 0.1) is 5.82 Å². The van der Waals surface area contributed by atoms with Gasteiger partial charge in [-0.05, 0) is 66.9 Å². The molecule has 0 spiro atoms. The van der Waals surface area contributed by atoms with E-state index in [0.717, 1.165) is 29.3 Å². The molecule has 7 nitrogen and oxygen atoms in total. The maximum Gasteiger partial charge on any atom is 0.264 e. The van der Waals surface area contributed by atoms with E-state index in [1.807, 2.05) is 6.92 Å². The van der Waals surface area contributed by atoms with Crippen molar-refractivity contribution in [1.29, 1.82) is 0 Å². The van der Waals surface area contributed by atoms with E-state index in [2.05, 4.69) is 5.32 Å². The van der Waals surface area contributed by atoms with E-state index in [1.54, 1.807) is 37.3 Å². The standard InChI is InChI=1S/C29H32Cl2FN3O4S/c1-3-5-17-33-29(37)27(4-2)34(19-21-11-12-22(30)18-26(21)31)28(36)20-35(24-15-13-23(32)14-16-24)40(38,39)25-9-7-6-8-10-25/h6-16,18,27H,3-5,17,19-20H2,1-2H3,(H,33,37)/t27-/m1/s1. The molecule has 0 saturated heterocycles. The molecule has 1 N–H and O–H groups in total. The predicted molar refractivity (Wildman–Crippen MR) is 156 cm³/mol. The summed E-state index contributed by atoms with van der Waals surface area (Å²) in [6, 6.07) is 16.4.